The third-order valence-electron chi connectivity index (χ3n) is 2.49. The molecule has 2 amide bonds. The highest BCUT2D eigenvalue weighted by Gasteiger charge is 2.27. The van der Waals surface area contributed by atoms with Crippen LogP contribution in [0.1, 0.15) is 24.4 Å². The zero-order chi connectivity index (χ0) is 12.4. The Bertz CT molecular complexity index is 439. The fraction of sp³-hybridized carbons (Fsp3) is 0.500. The predicted octanol–water partition coefficient (Wildman–Crippen LogP) is 0.00740. The molecule has 0 spiro atoms. The summed E-state index contributed by atoms with van der Waals surface area (Å²) in [4.78, 5) is 22.5. The van der Waals surface area contributed by atoms with E-state index in [2.05, 4.69) is 15.7 Å². The van der Waals surface area contributed by atoms with Gasteiger partial charge in [0.15, 0.2) is 6.04 Å². The number of urea groups is 1. The van der Waals surface area contributed by atoms with E-state index in [0.29, 0.717) is 5.56 Å². The van der Waals surface area contributed by atoms with Crippen molar-refractivity contribution in [1.29, 1.82) is 0 Å². The maximum absolute atomic E-state index is 11.5. The summed E-state index contributed by atoms with van der Waals surface area (Å²) < 4.78 is 1.49. The SMILES string of the molecule is Cn1cc(C(NC(=O)NC2CC2)C(=O)O)cn1. The summed E-state index contributed by atoms with van der Waals surface area (Å²) in [6.07, 6.45) is 4.91. The summed E-state index contributed by atoms with van der Waals surface area (Å²) in [5.41, 5.74) is 0.450. The maximum atomic E-state index is 11.5. The number of amides is 2. The van der Waals surface area contributed by atoms with Crippen LogP contribution in [0.5, 0.6) is 0 Å². The van der Waals surface area contributed by atoms with E-state index in [0.717, 1.165) is 12.8 Å². The van der Waals surface area contributed by atoms with Crippen molar-refractivity contribution in [2.75, 3.05) is 0 Å². The Hall–Kier alpha value is -2.05. The number of rotatable bonds is 4. The minimum absolute atomic E-state index is 0.193. The summed E-state index contributed by atoms with van der Waals surface area (Å²) in [5.74, 6) is -1.11. The van der Waals surface area contributed by atoms with E-state index >= 15 is 0 Å². The molecule has 2 rings (SSSR count). The fourth-order valence-electron chi connectivity index (χ4n) is 1.46. The van der Waals surface area contributed by atoms with Gasteiger partial charge in [-0.3, -0.25) is 4.68 Å². The second-order valence-corrected chi connectivity index (χ2v) is 4.11. The van der Waals surface area contributed by atoms with Crippen LogP contribution >= 0.6 is 0 Å². The summed E-state index contributed by atoms with van der Waals surface area (Å²) >= 11 is 0. The van der Waals surface area contributed by atoms with Crippen molar-refractivity contribution >= 4 is 12.0 Å². The van der Waals surface area contributed by atoms with Gasteiger partial charge >= 0.3 is 12.0 Å². The van der Waals surface area contributed by atoms with E-state index in [1.807, 2.05) is 0 Å². The van der Waals surface area contributed by atoms with Crippen LogP contribution in [0, 0.1) is 0 Å². The lowest BCUT2D eigenvalue weighted by Crippen LogP contribution is -2.41. The molecule has 0 saturated heterocycles. The number of carbonyl (C=O) groups excluding carboxylic acids is 1. The third-order valence-corrected chi connectivity index (χ3v) is 2.49. The van der Waals surface area contributed by atoms with Crippen LogP contribution in [0.25, 0.3) is 0 Å². The zero-order valence-electron chi connectivity index (χ0n) is 9.38. The number of nitrogens with zero attached hydrogens (tertiary/aromatic N) is 2. The predicted molar refractivity (Wildman–Crippen MR) is 58.3 cm³/mol. The van der Waals surface area contributed by atoms with Gasteiger partial charge in [-0.25, -0.2) is 9.59 Å². The molecule has 7 heteroatoms. The van der Waals surface area contributed by atoms with Crippen molar-refractivity contribution < 1.29 is 14.7 Å². The average molecular weight is 238 g/mol. The smallest absolute Gasteiger partial charge is 0.331 e. The Kier molecular flexibility index (Phi) is 2.99. The second-order valence-electron chi connectivity index (χ2n) is 4.11. The van der Waals surface area contributed by atoms with Crippen molar-refractivity contribution in [3.8, 4) is 0 Å². The number of carbonyl (C=O) groups is 2. The van der Waals surface area contributed by atoms with Gasteiger partial charge in [0.1, 0.15) is 0 Å². The number of carboxylic acids is 1. The van der Waals surface area contributed by atoms with Gasteiger partial charge in [0.05, 0.1) is 6.20 Å². The van der Waals surface area contributed by atoms with Crippen LogP contribution in [-0.2, 0) is 11.8 Å². The summed E-state index contributed by atoms with van der Waals surface area (Å²) in [5, 5.41) is 18.0. The number of aromatic nitrogens is 2. The van der Waals surface area contributed by atoms with E-state index in [1.165, 1.54) is 10.9 Å². The summed E-state index contributed by atoms with van der Waals surface area (Å²) in [6.45, 7) is 0. The molecule has 0 radical (unpaired) electrons. The third kappa shape index (κ3) is 2.96. The zero-order valence-corrected chi connectivity index (χ0v) is 9.38. The van der Waals surface area contributed by atoms with Crippen molar-refractivity contribution in [3.05, 3.63) is 18.0 Å². The van der Waals surface area contributed by atoms with Crippen LogP contribution in [-0.4, -0.2) is 32.9 Å². The van der Waals surface area contributed by atoms with Gasteiger partial charge < -0.3 is 15.7 Å². The van der Waals surface area contributed by atoms with E-state index in [4.69, 9.17) is 5.11 Å². The molecule has 1 aromatic heterocycles. The number of aryl methyl sites for hydroxylation is 1. The Balaban J connectivity index is 2.01. The molecular weight excluding hydrogens is 224 g/mol. The molecule has 1 heterocycles. The van der Waals surface area contributed by atoms with E-state index in [9.17, 15) is 9.59 Å². The fourth-order valence-corrected chi connectivity index (χ4v) is 1.46. The molecule has 7 nitrogen and oxygen atoms in total. The second kappa shape index (κ2) is 4.44. The molecule has 1 fully saturated rings. The molecule has 0 aliphatic heterocycles. The first kappa shape index (κ1) is 11.4. The molecule has 1 aliphatic rings. The Morgan fingerprint density at radius 3 is 2.76 bits per heavy atom. The average Bonchev–Trinajstić information content (AvgIpc) is 2.95. The quantitative estimate of drug-likeness (QED) is 0.688. The molecule has 0 bridgehead atoms. The van der Waals surface area contributed by atoms with Gasteiger partial charge in [0.25, 0.3) is 0 Å². The number of aliphatic carboxylic acids is 1. The normalized spacial score (nSPS) is 16.3. The molecule has 3 N–H and O–H groups in total. The van der Waals surface area contributed by atoms with Crippen molar-refractivity contribution in [3.63, 3.8) is 0 Å². The van der Waals surface area contributed by atoms with Gasteiger partial charge in [-0.15, -0.1) is 0 Å². The number of hydrogen-bond acceptors (Lipinski definition) is 3. The largest absolute Gasteiger partial charge is 0.479 e. The molecule has 1 atom stereocenters. The Morgan fingerprint density at radius 1 is 1.59 bits per heavy atom. The monoisotopic (exact) mass is 238 g/mol. The van der Waals surface area contributed by atoms with E-state index in [1.54, 1.807) is 13.2 Å². The molecule has 92 valence electrons. The highest BCUT2D eigenvalue weighted by atomic mass is 16.4. The molecule has 1 saturated carbocycles. The highest BCUT2D eigenvalue weighted by molar-refractivity contribution is 5.83. The van der Waals surface area contributed by atoms with Crippen molar-refractivity contribution in [2.45, 2.75) is 24.9 Å². The maximum Gasteiger partial charge on any atom is 0.331 e. The summed E-state index contributed by atoms with van der Waals surface area (Å²) in [6, 6.07) is -1.33. The molecular formula is C10H14N4O3. The molecule has 1 unspecified atom stereocenters. The van der Waals surface area contributed by atoms with Crippen LogP contribution in [0.4, 0.5) is 4.79 Å². The number of nitrogens with one attached hydrogen (secondary N) is 2. The molecule has 1 aromatic rings. The molecule has 17 heavy (non-hydrogen) atoms. The van der Waals surface area contributed by atoms with Gasteiger partial charge in [-0.2, -0.15) is 5.10 Å². The van der Waals surface area contributed by atoms with E-state index < -0.39 is 18.0 Å². The number of carboxylic acid groups (broad SMARTS) is 1. The Labute approximate surface area is 97.8 Å². The molecule has 1 aliphatic carbocycles. The van der Waals surface area contributed by atoms with Crippen LogP contribution < -0.4 is 10.6 Å². The van der Waals surface area contributed by atoms with Gasteiger partial charge in [-0.05, 0) is 12.8 Å². The standard InChI is InChI=1S/C10H14N4O3/c1-14-5-6(4-11-14)8(9(15)16)13-10(17)12-7-2-3-7/h4-5,7-8H,2-3H2,1H3,(H,15,16)(H2,12,13,17). The van der Waals surface area contributed by atoms with E-state index in [-0.39, 0.29) is 6.04 Å². The summed E-state index contributed by atoms with van der Waals surface area (Å²) in [7, 11) is 1.69. The van der Waals surface area contributed by atoms with Crippen molar-refractivity contribution in [2.24, 2.45) is 7.05 Å². The first-order valence-electron chi connectivity index (χ1n) is 5.34. The minimum atomic E-state index is -1.11. The van der Waals surface area contributed by atoms with Crippen LogP contribution in [0.2, 0.25) is 0 Å². The molecule has 0 aromatic carbocycles. The lowest BCUT2D eigenvalue weighted by molar-refractivity contribution is -0.139. The van der Waals surface area contributed by atoms with Gasteiger partial charge in [-0.1, -0.05) is 0 Å². The van der Waals surface area contributed by atoms with Crippen LogP contribution in [0.3, 0.4) is 0 Å². The van der Waals surface area contributed by atoms with Crippen LogP contribution in [0.15, 0.2) is 12.4 Å². The van der Waals surface area contributed by atoms with Gasteiger partial charge in [0, 0.05) is 24.8 Å². The first-order valence-corrected chi connectivity index (χ1v) is 5.34. The minimum Gasteiger partial charge on any atom is -0.479 e. The Morgan fingerprint density at radius 2 is 2.29 bits per heavy atom. The lowest BCUT2D eigenvalue weighted by atomic mass is 10.1. The van der Waals surface area contributed by atoms with Gasteiger partial charge in [0.2, 0.25) is 0 Å². The first-order chi connectivity index (χ1) is 8.06. The lowest BCUT2D eigenvalue weighted by Gasteiger charge is -2.13. The topological polar surface area (TPSA) is 96.2 Å². The highest BCUT2D eigenvalue weighted by Crippen LogP contribution is 2.19. The van der Waals surface area contributed by atoms with Crippen molar-refractivity contribution in [1.82, 2.24) is 20.4 Å². The number of hydrogen-bond donors (Lipinski definition) is 3.